The van der Waals surface area contributed by atoms with Crippen LogP contribution in [0.15, 0.2) is 71.3 Å². The first-order valence-electron chi connectivity index (χ1n) is 9.66. The Morgan fingerprint density at radius 1 is 1.03 bits per heavy atom. The predicted molar refractivity (Wildman–Crippen MR) is 119 cm³/mol. The van der Waals surface area contributed by atoms with Gasteiger partial charge in [-0.1, -0.05) is 47.5 Å². The molecule has 0 radical (unpaired) electrons. The van der Waals surface area contributed by atoms with Gasteiger partial charge in [0.05, 0.1) is 18.3 Å². The molecule has 5 rings (SSSR count). The molecular formula is C22H17Cl2N5O2. The maximum Gasteiger partial charge on any atom is 0.293 e. The number of furan rings is 1. The Hall–Kier alpha value is -3.29. The fraction of sp³-hybridized carbons (Fsp3) is 0.136. The first kappa shape index (κ1) is 19.7. The number of rotatable bonds is 4. The lowest BCUT2D eigenvalue weighted by molar-refractivity contribution is 0.0995. The van der Waals surface area contributed by atoms with Crippen LogP contribution in [-0.4, -0.2) is 20.7 Å². The quantitative estimate of drug-likeness (QED) is 0.421. The summed E-state index contributed by atoms with van der Waals surface area (Å²) in [6.45, 7) is 0. The summed E-state index contributed by atoms with van der Waals surface area (Å²) in [4.78, 5) is 16.9. The van der Waals surface area contributed by atoms with Crippen LogP contribution in [0.4, 0.5) is 11.9 Å². The molecule has 1 aliphatic rings. The second-order valence-corrected chi connectivity index (χ2v) is 8.06. The SMILES string of the molecule is O=C(Nc1nc2n(n1)[C@@H](c1ccc(Cl)cc1)C[C@H](c1ccc(Cl)cc1)N2)c1ccco1. The van der Waals surface area contributed by atoms with Crippen molar-refractivity contribution in [1.82, 2.24) is 14.8 Å². The number of halogens is 2. The zero-order valence-corrected chi connectivity index (χ0v) is 17.6. The van der Waals surface area contributed by atoms with Crippen LogP contribution in [0.1, 0.15) is 40.2 Å². The Bertz CT molecular complexity index is 1200. The molecule has 2 N–H and O–H groups in total. The first-order chi connectivity index (χ1) is 15.1. The van der Waals surface area contributed by atoms with Gasteiger partial charge in [0.25, 0.3) is 11.9 Å². The molecule has 0 spiro atoms. The average Bonchev–Trinajstić information content (AvgIpc) is 3.44. The molecule has 2 aromatic carbocycles. The third-order valence-corrected chi connectivity index (χ3v) is 5.69. The van der Waals surface area contributed by atoms with Crippen LogP contribution < -0.4 is 10.6 Å². The van der Waals surface area contributed by atoms with Gasteiger partial charge in [0.1, 0.15) is 0 Å². The molecule has 7 nitrogen and oxygen atoms in total. The number of benzene rings is 2. The molecule has 1 amide bonds. The summed E-state index contributed by atoms with van der Waals surface area (Å²) in [7, 11) is 0. The van der Waals surface area contributed by atoms with Crippen molar-refractivity contribution in [1.29, 1.82) is 0 Å². The smallest absolute Gasteiger partial charge is 0.293 e. The molecule has 3 heterocycles. The van der Waals surface area contributed by atoms with Gasteiger partial charge < -0.3 is 9.73 Å². The summed E-state index contributed by atoms with van der Waals surface area (Å²) in [6.07, 6.45) is 2.17. The Morgan fingerprint density at radius 3 is 2.35 bits per heavy atom. The van der Waals surface area contributed by atoms with Crippen molar-refractivity contribution < 1.29 is 9.21 Å². The zero-order valence-electron chi connectivity index (χ0n) is 16.1. The summed E-state index contributed by atoms with van der Waals surface area (Å²) in [5.41, 5.74) is 2.12. The molecule has 0 aliphatic carbocycles. The fourth-order valence-corrected chi connectivity index (χ4v) is 3.93. The highest BCUT2D eigenvalue weighted by Gasteiger charge is 2.31. The van der Waals surface area contributed by atoms with Gasteiger partial charge in [0, 0.05) is 10.0 Å². The number of anilines is 2. The number of hydrogen-bond donors (Lipinski definition) is 2. The van der Waals surface area contributed by atoms with Gasteiger partial charge >= 0.3 is 0 Å². The van der Waals surface area contributed by atoms with E-state index >= 15 is 0 Å². The van der Waals surface area contributed by atoms with Crippen molar-refractivity contribution in [2.75, 3.05) is 10.6 Å². The molecule has 0 unspecified atom stereocenters. The molecule has 0 saturated heterocycles. The summed E-state index contributed by atoms with van der Waals surface area (Å²) < 4.78 is 6.93. The van der Waals surface area contributed by atoms with Gasteiger partial charge in [-0.2, -0.15) is 4.98 Å². The molecule has 31 heavy (non-hydrogen) atoms. The minimum Gasteiger partial charge on any atom is -0.459 e. The topological polar surface area (TPSA) is 85.0 Å². The standard InChI is InChI=1S/C22H17Cl2N5O2/c23-15-7-3-13(4-8-15)17-12-18(14-5-9-16(24)10-6-14)29-22(25-17)27-21(28-29)26-20(30)19-2-1-11-31-19/h1-11,17-18H,12H2,(H2,25,26,27,28,30)/t17-,18-/m1/s1. The van der Waals surface area contributed by atoms with Crippen LogP contribution in [0.25, 0.3) is 0 Å². The maximum atomic E-state index is 12.4. The van der Waals surface area contributed by atoms with Crippen LogP contribution in [-0.2, 0) is 0 Å². The van der Waals surface area contributed by atoms with E-state index in [0.717, 1.165) is 17.5 Å². The number of amides is 1. The van der Waals surface area contributed by atoms with Crippen molar-refractivity contribution >= 4 is 41.0 Å². The lowest BCUT2D eigenvalue weighted by Gasteiger charge is -2.31. The Labute approximate surface area is 188 Å². The minimum atomic E-state index is -0.412. The number of nitrogens with zero attached hydrogens (tertiary/aromatic N) is 3. The second-order valence-electron chi connectivity index (χ2n) is 7.19. The molecule has 0 fully saturated rings. The predicted octanol–water partition coefficient (Wildman–Crippen LogP) is 5.58. The van der Waals surface area contributed by atoms with Gasteiger partial charge in [-0.25, -0.2) is 4.68 Å². The maximum absolute atomic E-state index is 12.4. The van der Waals surface area contributed by atoms with Crippen LogP contribution >= 0.6 is 23.2 Å². The molecule has 0 saturated carbocycles. The van der Waals surface area contributed by atoms with E-state index in [1.54, 1.807) is 16.8 Å². The summed E-state index contributed by atoms with van der Waals surface area (Å²) >= 11 is 12.1. The molecule has 0 bridgehead atoms. The Kier molecular flexibility index (Phi) is 5.13. The fourth-order valence-electron chi connectivity index (χ4n) is 3.68. The molecule has 1 aliphatic heterocycles. The number of hydrogen-bond acceptors (Lipinski definition) is 5. The molecule has 4 aromatic rings. The van der Waals surface area contributed by atoms with Gasteiger partial charge in [-0.3, -0.25) is 10.1 Å². The van der Waals surface area contributed by atoms with Crippen molar-refractivity contribution in [2.24, 2.45) is 0 Å². The normalized spacial score (nSPS) is 17.6. The molecular weight excluding hydrogens is 437 g/mol. The van der Waals surface area contributed by atoms with E-state index in [1.165, 1.54) is 6.26 Å². The third kappa shape index (κ3) is 4.02. The van der Waals surface area contributed by atoms with E-state index < -0.39 is 5.91 Å². The van der Waals surface area contributed by atoms with Crippen molar-refractivity contribution in [3.8, 4) is 0 Å². The van der Waals surface area contributed by atoms with Gasteiger partial charge in [-0.15, -0.1) is 5.10 Å². The van der Waals surface area contributed by atoms with E-state index in [0.29, 0.717) is 16.0 Å². The monoisotopic (exact) mass is 453 g/mol. The number of nitrogens with one attached hydrogen (secondary N) is 2. The van der Waals surface area contributed by atoms with Crippen LogP contribution in [0, 0.1) is 0 Å². The van der Waals surface area contributed by atoms with Crippen molar-refractivity contribution in [3.05, 3.63) is 93.9 Å². The summed E-state index contributed by atoms with van der Waals surface area (Å²) in [5.74, 6) is 0.528. The second kappa shape index (κ2) is 8.09. The molecule has 2 aromatic heterocycles. The zero-order chi connectivity index (χ0) is 21.4. The van der Waals surface area contributed by atoms with Crippen LogP contribution in [0.5, 0.6) is 0 Å². The minimum absolute atomic E-state index is 0.0109. The van der Waals surface area contributed by atoms with E-state index in [9.17, 15) is 4.79 Å². The average molecular weight is 454 g/mol. The molecule has 2 atom stereocenters. The third-order valence-electron chi connectivity index (χ3n) is 5.19. The van der Waals surface area contributed by atoms with Crippen molar-refractivity contribution in [2.45, 2.75) is 18.5 Å². The Balaban J connectivity index is 1.50. The summed E-state index contributed by atoms with van der Waals surface area (Å²) in [6, 6.07) is 18.5. The summed E-state index contributed by atoms with van der Waals surface area (Å²) in [5, 5.41) is 12.0. The van der Waals surface area contributed by atoms with E-state index in [2.05, 4.69) is 20.7 Å². The lowest BCUT2D eigenvalue weighted by atomic mass is 9.93. The highest BCUT2D eigenvalue weighted by atomic mass is 35.5. The number of aromatic nitrogens is 3. The Morgan fingerprint density at radius 2 is 1.71 bits per heavy atom. The van der Waals surface area contributed by atoms with E-state index in [4.69, 9.17) is 27.6 Å². The van der Waals surface area contributed by atoms with Crippen LogP contribution in [0.2, 0.25) is 10.0 Å². The highest BCUT2D eigenvalue weighted by Crippen LogP contribution is 2.38. The van der Waals surface area contributed by atoms with Crippen LogP contribution in [0.3, 0.4) is 0 Å². The first-order valence-corrected chi connectivity index (χ1v) is 10.4. The number of fused-ring (bicyclic) bond motifs is 1. The van der Waals surface area contributed by atoms with Gasteiger partial charge in [-0.05, 0) is 53.9 Å². The lowest BCUT2D eigenvalue weighted by Crippen LogP contribution is -2.28. The van der Waals surface area contributed by atoms with Crippen molar-refractivity contribution in [3.63, 3.8) is 0 Å². The van der Waals surface area contributed by atoms with Gasteiger partial charge in [0.2, 0.25) is 5.95 Å². The van der Waals surface area contributed by atoms with Gasteiger partial charge in [0.15, 0.2) is 5.76 Å². The van der Waals surface area contributed by atoms with E-state index in [1.807, 2.05) is 48.5 Å². The highest BCUT2D eigenvalue weighted by molar-refractivity contribution is 6.30. The largest absolute Gasteiger partial charge is 0.459 e. The van der Waals surface area contributed by atoms with E-state index in [-0.39, 0.29) is 23.8 Å². The number of carbonyl (C=O) groups excluding carboxylic acids is 1. The molecule has 156 valence electrons. The number of carbonyl (C=O) groups is 1. The molecule has 9 heteroatoms.